The monoisotopic (exact) mass is 213 g/mol. The largest absolute Gasteiger partial charge is 0.391 e. The lowest BCUT2D eigenvalue weighted by Gasteiger charge is -2.26. The molecule has 88 valence electrons. The molecule has 0 aromatic heterocycles. The van der Waals surface area contributed by atoms with Crippen molar-refractivity contribution in [1.29, 1.82) is 0 Å². The molecule has 1 aliphatic carbocycles. The van der Waals surface area contributed by atoms with Gasteiger partial charge in [0.25, 0.3) is 0 Å². The molecule has 1 aliphatic rings. The summed E-state index contributed by atoms with van der Waals surface area (Å²) >= 11 is 0. The summed E-state index contributed by atoms with van der Waals surface area (Å²) in [5, 5.41) is 12.3. The fourth-order valence-electron chi connectivity index (χ4n) is 2.34. The zero-order chi connectivity index (χ0) is 11.3. The van der Waals surface area contributed by atoms with Gasteiger partial charge in [0.1, 0.15) is 0 Å². The van der Waals surface area contributed by atoms with Crippen molar-refractivity contribution in [3.63, 3.8) is 0 Å². The highest BCUT2D eigenvalue weighted by molar-refractivity contribution is 5.82. The Morgan fingerprint density at radius 1 is 1.40 bits per heavy atom. The lowest BCUT2D eigenvalue weighted by atomic mass is 9.82. The minimum Gasteiger partial charge on any atom is -0.391 e. The molecule has 0 heterocycles. The third-order valence-electron chi connectivity index (χ3n) is 3.69. The Bertz CT molecular complexity index is 210. The highest BCUT2D eigenvalue weighted by atomic mass is 16.3. The molecule has 15 heavy (non-hydrogen) atoms. The lowest BCUT2D eigenvalue weighted by Crippen LogP contribution is -2.42. The van der Waals surface area contributed by atoms with Crippen LogP contribution in [0.25, 0.3) is 0 Å². The van der Waals surface area contributed by atoms with E-state index in [1.807, 2.05) is 6.92 Å². The molecule has 0 aromatic carbocycles. The predicted molar refractivity (Wildman–Crippen MR) is 60.5 cm³/mol. The number of carbonyl (C=O) groups is 1. The molecule has 1 saturated carbocycles. The van der Waals surface area contributed by atoms with E-state index in [1.165, 1.54) is 0 Å². The molecule has 0 aromatic rings. The predicted octanol–water partition coefficient (Wildman–Crippen LogP) is 1.84. The van der Waals surface area contributed by atoms with Gasteiger partial charge < -0.3 is 10.4 Å². The smallest absolute Gasteiger partial charge is 0.226 e. The number of hydrogen-bond acceptors (Lipinski definition) is 2. The minimum absolute atomic E-state index is 0.131. The van der Waals surface area contributed by atoms with Gasteiger partial charge in [-0.15, -0.1) is 0 Å². The van der Waals surface area contributed by atoms with Gasteiger partial charge in [-0.05, 0) is 25.7 Å². The summed E-state index contributed by atoms with van der Waals surface area (Å²) in [6.07, 6.45) is 5.56. The third kappa shape index (κ3) is 2.94. The van der Waals surface area contributed by atoms with E-state index >= 15 is 0 Å². The van der Waals surface area contributed by atoms with Gasteiger partial charge in [-0.25, -0.2) is 0 Å². The fourth-order valence-corrected chi connectivity index (χ4v) is 2.34. The maximum absolute atomic E-state index is 12.0. The van der Waals surface area contributed by atoms with Gasteiger partial charge in [-0.1, -0.05) is 26.7 Å². The maximum Gasteiger partial charge on any atom is 0.226 e. The van der Waals surface area contributed by atoms with Gasteiger partial charge in [0, 0.05) is 12.0 Å². The third-order valence-corrected chi connectivity index (χ3v) is 3.69. The topological polar surface area (TPSA) is 49.3 Å². The van der Waals surface area contributed by atoms with Crippen LogP contribution in [-0.2, 0) is 4.79 Å². The average Bonchev–Trinajstić information content (AvgIpc) is 2.75. The average molecular weight is 213 g/mol. The molecule has 3 heteroatoms. The van der Waals surface area contributed by atoms with Crippen molar-refractivity contribution in [2.45, 2.75) is 58.5 Å². The van der Waals surface area contributed by atoms with Crippen LogP contribution in [0.1, 0.15) is 52.4 Å². The molecule has 1 fully saturated rings. The van der Waals surface area contributed by atoms with Crippen LogP contribution < -0.4 is 5.32 Å². The van der Waals surface area contributed by atoms with Crippen molar-refractivity contribution in [3.05, 3.63) is 0 Å². The van der Waals surface area contributed by atoms with E-state index in [9.17, 15) is 9.90 Å². The molecule has 3 nitrogen and oxygen atoms in total. The van der Waals surface area contributed by atoms with E-state index in [2.05, 4.69) is 12.2 Å². The number of aliphatic hydroxyl groups excluding tert-OH is 1. The summed E-state index contributed by atoms with van der Waals surface area (Å²) in [6, 6.07) is 0. The van der Waals surface area contributed by atoms with Gasteiger partial charge in [-0.2, -0.15) is 0 Å². The Kier molecular flexibility index (Phi) is 4.58. The Morgan fingerprint density at radius 3 is 2.47 bits per heavy atom. The van der Waals surface area contributed by atoms with Gasteiger partial charge in [0.2, 0.25) is 5.91 Å². The van der Waals surface area contributed by atoms with Gasteiger partial charge in [0.15, 0.2) is 0 Å². The van der Waals surface area contributed by atoms with Crippen molar-refractivity contribution in [1.82, 2.24) is 5.32 Å². The molecular formula is C12H23NO2. The minimum atomic E-state index is -0.399. The van der Waals surface area contributed by atoms with E-state index in [1.54, 1.807) is 0 Å². The number of nitrogens with one attached hydrogen (secondary N) is 1. The summed E-state index contributed by atoms with van der Waals surface area (Å²) in [5.74, 6) is 0.148. The van der Waals surface area contributed by atoms with E-state index in [-0.39, 0.29) is 11.3 Å². The molecule has 0 bridgehead atoms. The first-order valence-corrected chi connectivity index (χ1v) is 6.11. The Balaban J connectivity index is 2.44. The van der Waals surface area contributed by atoms with Gasteiger partial charge in [-0.3, -0.25) is 4.79 Å². The quantitative estimate of drug-likeness (QED) is 0.732. The van der Waals surface area contributed by atoms with Crippen LogP contribution in [0.15, 0.2) is 0 Å². The van der Waals surface area contributed by atoms with Crippen LogP contribution in [0.5, 0.6) is 0 Å². The van der Waals surface area contributed by atoms with Crippen LogP contribution in [0.3, 0.4) is 0 Å². The number of rotatable bonds is 5. The highest BCUT2D eigenvalue weighted by Crippen LogP contribution is 2.40. The van der Waals surface area contributed by atoms with E-state index in [4.69, 9.17) is 0 Å². The van der Waals surface area contributed by atoms with Crippen molar-refractivity contribution < 1.29 is 9.90 Å². The van der Waals surface area contributed by atoms with Crippen LogP contribution in [0, 0.1) is 5.41 Å². The number of carbonyl (C=O) groups excluding carboxylic acids is 1. The molecule has 1 unspecified atom stereocenters. The maximum atomic E-state index is 12.0. The van der Waals surface area contributed by atoms with Crippen LogP contribution in [-0.4, -0.2) is 23.7 Å². The van der Waals surface area contributed by atoms with Crippen LogP contribution in [0.2, 0.25) is 0 Å². The summed E-state index contributed by atoms with van der Waals surface area (Å²) in [7, 11) is 0. The molecule has 0 aliphatic heterocycles. The zero-order valence-corrected chi connectivity index (χ0v) is 9.88. The molecule has 0 saturated heterocycles. The summed E-state index contributed by atoms with van der Waals surface area (Å²) in [4.78, 5) is 12.0. The molecule has 1 rings (SSSR count). The molecule has 1 atom stereocenters. The first-order chi connectivity index (χ1) is 7.14. The Morgan fingerprint density at radius 2 is 2.00 bits per heavy atom. The van der Waals surface area contributed by atoms with Crippen LogP contribution >= 0.6 is 0 Å². The van der Waals surface area contributed by atoms with Gasteiger partial charge in [0.05, 0.1) is 6.10 Å². The van der Waals surface area contributed by atoms with Crippen molar-refractivity contribution in [2.75, 3.05) is 6.54 Å². The second-order valence-corrected chi connectivity index (χ2v) is 4.61. The van der Waals surface area contributed by atoms with Crippen molar-refractivity contribution >= 4 is 5.91 Å². The molecule has 0 radical (unpaired) electrons. The summed E-state index contributed by atoms with van der Waals surface area (Å²) < 4.78 is 0. The van der Waals surface area contributed by atoms with Crippen molar-refractivity contribution in [3.8, 4) is 0 Å². The van der Waals surface area contributed by atoms with Gasteiger partial charge >= 0.3 is 0 Å². The second kappa shape index (κ2) is 5.50. The lowest BCUT2D eigenvalue weighted by molar-refractivity contribution is -0.131. The normalized spacial score (nSPS) is 21.3. The summed E-state index contributed by atoms with van der Waals surface area (Å²) in [6.45, 7) is 4.40. The van der Waals surface area contributed by atoms with E-state index in [0.717, 1.165) is 32.1 Å². The Labute approximate surface area is 92.3 Å². The second-order valence-electron chi connectivity index (χ2n) is 4.61. The molecule has 1 amide bonds. The van der Waals surface area contributed by atoms with Crippen molar-refractivity contribution in [2.24, 2.45) is 5.41 Å². The molecular weight excluding hydrogens is 190 g/mol. The SMILES string of the molecule is CCC(O)CNC(=O)C1(CC)CCCC1. The fraction of sp³-hybridized carbons (Fsp3) is 0.917. The first kappa shape index (κ1) is 12.5. The zero-order valence-electron chi connectivity index (χ0n) is 9.88. The standard InChI is InChI=1S/C12H23NO2/c1-3-10(14)9-13-11(15)12(4-2)7-5-6-8-12/h10,14H,3-9H2,1-2H3,(H,13,15). The first-order valence-electron chi connectivity index (χ1n) is 6.11. The number of hydrogen-bond donors (Lipinski definition) is 2. The number of amides is 1. The molecule has 2 N–H and O–H groups in total. The van der Waals surface area contributed by atoms with E-state index in [0.29, 0.717) is 13.0 Å². The summed E-state index contributed by atoms with van der Waals surface area (Å²) in [5.41, 5.74) is -0.131. The molecule has 0 spiro atoms. The van der Waals surface area contributed by atoms with Crippen LogP contribution in [0.4, 0.5) is 0 Å². The number of aliphatic hydroxyl groups is 1. The highest BCUT2D eigenvalue weighted by Gasteiger charge is 2.39. The van der Waals surface area contributed by atoms with E-state index < -0.39 is 6.10 Å². The Hall–Kier alpha value is -0.570.